The Kier molecular flexibility index (Phi) is 5.18. The first kappa shape index (κ1) is 20.6. The van der Waals surface area contributed by atoms with Crippen LogP contribution in [0.3, 0.4) is 0 Å². The van der Waals surface area contributed by atoms with Crippen LogP contribution < -0.4 is 18.9 Å². The lowest BCUT2D eigenvalue weighted by molar-refractivity contribution is 0.0734. The molecule has 5 rings (SSSR count). The molecule has 164 valence electrons. The number of carbonyl (C=O) groups excluding carboxylic acids is 2. The summed E-state index contributed by atoms with van der Waals surface area (Å²) in [6, 6.07) is 19.1. The molecule has 0 N–H and O–H groups in total. The minimum atomic E-state index is -0.536. The second-order valence-corrected chi connectivity index (χ2v) is 7.66. The predicted molar refractivity (Wildman–Crippen MR) is 122 cm³/mol. The van der Waals surface area contributed by atoms with Crippen molar-refractivity contribution in [3.05, 3.63) is 101 Å². The summed E-state index contributed by atoms with van der Waals surface area (Å²) in [7, 11) is 1.53. The highest BCUT2D eigenvalue weighted by Gasteiger charge is 2.29. The van der Waals surface area contributed by atoms with E-state index < -0.39 is 5.97 Å². The van der Waals surface area contributed by atoms with E-state index in [1.165, 1.54) is 13.2 Å². The fraction of sp³-hybridized carbons (Fsp3) is 0.111. The Balaban J connectivity index is 1.37. The van der Waals surface area contributed by atoms with Gasteiger partial charge in [0.2, 0.25) is 5.78 Å². The van der Waals surface area contributed by atoms with E-state index in [4.69, 9.17) is 18.9 Å². The summed E-state index contributed by atoms with van der Waals surface area (Å²) >= 11 is 0. The van der Waals surface area contributed by atoms with E-state index in [2.05, 4.69) is 0 Å². The highest BCUT2D eigenvalue weighted by atomic mass is 16.5. The summed E-state index contributed by atoms with van der Waals surface area (Å²) in [5.74, 6) is 1.40. The molecule has 6 heteroatoms. The minimum Gasteiger partial charge on any atom is -0.497 e. The van der Waals surface area contributed by atoms with Gasteiger partial charge in [-0.2, -0.15) is 0 Å². The van der Waals surface area contributed by atoms with Gasteiger partial charge in [-0.1, -0.05) is 24.3 Å². The van der Waals surface area contributed by atoms with E-state index in [0.717, 1.165) is 16.9 Å². The normalized spacial score (nSPS) is 17.4. The summed E-state index contributed by atoms with van der Waals surface area (Å²) in [5, 5.41) is 0. The molecule has 0 bridgehead atoms. The van der Waals surface area contributed by atoms with E-state index in [9.17, 15) is 9.59 Å². The average Bonchev–Trinajstić information content (AvgIpc) is 3.14. The number of ketones is 1. The fourth-order valence-corrected chi connectivity index (χ4v) is 3.72. The van der Waals surface area contributed by atoms with Gasteiger partial charge in [0, 0.05) is 11.6 Å². The van der Waals surface area contributed by atoms with Gasteiger partial charge in [-0.05, 0) is 61.0 Å². The van der Waals surface area contributed by atoms with Crippen LogP contribution in [0.5, 0.6) is 23.0 Å². The van der Waals surface area contributed by atoms with Gasteiger partial charge >= 0.3 is 5.97 Å². The van der Waals surface area contributed by atoms with Crippen molar-refractivity contribution in [1.82, 2.24) is 0 Å². The van der Waals surface area contributed by atoms with Gasteiger partial charge in [0.05, 0.1) is 18.2 Å². The summed E-state index contributed by atoms with van der Waals surface area (Å²) in [6.07, 6.45) is 3.45. The topological polar surface area (TPSA) is 71.1 Å². The Bertz CT molecular complexity index is 1330. The molecule has 0 saturated carbocycles. The molecule has 2 aliphatic rings. The predicted octanol–water partition coefficient (Wildman–Crippen LogP) is 5.24. The Morgan fingerprint density at radius 2 is 1.82 bits per heavy atom. The fourth-order valence-electron chi connectivity index (χ4n) is 3.72. The number of ether oxygens (including phenoxy) is 4. The standard InChI is InChI=1S/C27H20O6/c1-16-19(12-17-6-3-4-9-23(17)31-16)14-25-26(28)22-11-10-21(15-24(22)33-25)32-27(29)18-7-5-8-20(13-18)30-2/h3-16H,1-2H3/b25-14-. The number of fused-ring (bicyclic) bond motifs is 2. The number of carbonyl (C=O) groups is 2. The van der Waals surface area contributed by atoms with Crippen molar-refractivity contribution in [2.75, 3.05) is 7.11 Å². The van der Waals surface area contributed by atoms with Crippen molar-refractivity contribution < 1.29 is 28.5 Å². The van der Waals surface area contributed by atoms with E-state index in [1.807, 2.05) is 37.3 Å². The molecule has 0 aromatic heterocycles. The lowest BCUT2D eigenvalue weighted by atomic mass is 10.0. The molecule has 2 aliphatic heterocycles. The van der Waals surface area contributed by atoms with Crippen molar-refractivity contribution in [2.45, 2.75) is 13.0 Å². The molecule has 2 heterocycles. The molecule has 0 radical (unpaired) electrons. The molecule has 33 heavy (non-hydrogen) atoms. The molecule has 0 amide bonds. The molecule has 0 saturated heterocycles. The van der Waals surface area contributed by atoms with Crippen LogP contribution in [0.15, 0.2) is 84.1 Å². The Morgan fingerprint density at radius 3 is 2.67 bits per heavy atom. The van der Waals surface area contributed by atoms with Crippen molar-refractivity contribution in [3.8, 4) is 23.0 Å². The zero-order valence-corrected chi connectivity index (χ0v) is 18.0. The third kappa shape index (κ3) is 3.99. The summed E-state index contributed by atoms with van der Waals surface area (Å²) in [4.78, 5) is 25.4. The van der Waals surface area contributed by atoms with Crippen molar-refractivity contribution >= 4 is 17.8 Å². The first-order valence-electron chi connectivity index (χ1n) is 10.4. The number of hydrogen-bond acceptors (Lipinski definition) is 6. The van der Waals surface area contributed by atoms with Gasteiger partial charge in [-0.3, -0.25) is 4.79 Å². The first-order valence-corrected chi connectivity index (χ1v) is 10.4. The molecular formula is C27H20O6. The number of methoxy groups -OCH3 is 1. The summed E-state index contributed by atoms with van der Waals surface area (Å²) in [5.41, 5.74) is 2.53. The van der Waals surface area contributed by atoms with Crippen LogP contribution in [0.2, 0.25) is 0 Å². The molecule has 6 nitrogen and oxygen atoms in total. The zero-order chi connectivity index (χ0) is 22.9. The first-order chi connectivity index (χ1) is 16.0. The van der Waals surface area contributed by atoms with Crippen LogP contribution in [0, 0.1) is 0 Å². The molecule has 1 unspecified atom stereocenters. The Morgan fingerprint density at radius 1 is 0.970 bits per heavy atom. The highest BCUT2D eigenvalue weighted by molar-refractivity contribution is 6.12. The van der Waals surface area contributed by atoms with Crippen LogP contribution in [-0.2, 0) is 0 Å². The van der Waals surface area contributed by atoms with E-state index >= 15 is 0 Å². The maximum atomic E-state index is 12.9. The van der Waals surface area contributed by atoms with Gasteiger partial charge in [-0.15, -0.1) is 0 Å². The van der Waals surface area contributed by atoms with Crippen LogP contribution >= 0.6 is 0 Å². The summed E-state index contributed by atoms with van der Waals surface area (Å²) < 4.78 is 22.4. The number of Topliss-reactive ketones (excluding diaryl/α,β-unsaturated/α-hetero) is 1. The molecule has 0 spiro atoms. The third-order valence-electron chi connectivity index (χ3n) is 5.47. The van der Waals surface area contributed by atoms with Crippen LogP contribution in [0.25, 0.3) is 6.08 Å². The van der Waals surface area contributed by atoms with E-state index in [0.29, 0.717) is 22.6 Å². The largest absolute Gasteiger partial charge is 0.497 e. The maximum absolute atomic E-state index is 12.9. The third-order valence-corrected chi connectivity index (χ3v) is 5.47. The Labute approximate surface area is 190 Å². The van der Waals surface area contributed by atoms with Crippen LogP contribution in [0.4, 0.5) is 0 Å². The lowest BCUT2D eigenvalue weighted by Crippen LogP contribution is -2.18. The second-order valence-electron chi connectivity index (χ2n) is 7.66. The number of hydrogen-bond donors (Lipinski definition) is 0. The van der Waals surface area contributed by atoms with E-state index in [-0.39, 0.29) is 23.4 Å². The van der Waals surface area contributed by atoms with Gasteiger partial charge in [-0.25, -0.2) is 4.79 Å². The summed E-state index contributed by atoms with van der Waals surface area (Å²) in [6.45, 7) is 1.92. The lowest BCUT2D eigenvalue weighted by Gasteiger charge is -2.22. The average molecular weight is 440 g/mol. The molecular weight excluding hydrogens is 420 g/mol. The van der Waals surface area contributed by atoms with Crippen molar-refractivity contribution in [1.29, 1.82) is 0 Å². The second kappa shape index (κ2) is 8.31. The SMILES string of the molecule is COc1cccc(C(=O)Oc2ccc3c(c2)O/C(=C\C2=Cc4ccccc4OC2C)C3=O)c1. The van der Waals surface area contributed by atoms with Crippen molar-refractivity contribution in [3.63, 3.8) is 0 Å². The maximum Gasteiger partial charge on any atom is 0.343 e. The smallest absolute Gasteiger partial charge is 0.343 e. The van der Waals surface area contributed by atoms with E-state index in [1.54, 1.807) is 42.5 Å². The van der Waals surface area contributed by atoms with Crippen molar-refractivity contribution in [2.24, 2.45) is 0 Å². The van der Waals surface area contributed by atoms with Crippen LogP contribution in [-0.4, -0.2) is 25.0 Å². The molecule has 0 fully saturated rings. The number of esters is 1. The number of benzene rings is 3. The van der Waals surface area contributed by atoms with Gasteiger partial charge < -0.3 is 18.9 Å². The highest BCUT2D eigenvalue weighted by Crippen LogP contribution is 2.36. The molecule has 1 atom stereocenters. The molecule has 3 aromatic carbocycles. The molecule has 0 aliphatic carbocycles. The number of allylic oxidation sites excluding steroid dienone is 1. The number of rotatable bonds is 4. The Hall–Kier alpha value is -4.32. The monoisotopic (exact) mass is 440 g/mol. The quantitative estimate of drug-likeness (QED) is 0.314. The van der Waals surface area contributed by atoms with Gasteiger partial charge in [0.1, 0.15) is 29.1 Å². The van der Waals surface area contributed by atoms with Crippen LogP contribution in [0.1, 0.15) is 33.2 Å². The van der Waals surface area contributed by atoms with Gasteiger partial charge in [0.15, 0.2) is 5.76 Å². The van der Waals surface area contributed by atoms with Gasteiger partial charge in [0.25, 0.3) is 0 Å². The minimum absolute atomic E-state index is 0.197. The molecule has 3 aromatic rings. The number of para-hydroxylation sites is 1. The zero-order valence-electron chi connectivity index (χ0n) is 18.0.